The third-order valence-electron chi connectivity index (χ3n) is 4.64. The van der Waals surface area contributed by atoms with E-state index in [0.717, 1.165) is 37.3 Å². The molecule has 118 valence electrons. The first-order chi connectivity index (χ1) is 10.00. The molecule has 0 spiro atoms. The fraction of sp³-hybridized carbons (Fsp3) is 0.733. The number of aromatic nitrogens is 2. The smallest absolute Gasteiger partial charge is 0.324 e. The molecule has 2 rings (SSSR count). The van der Waals surface area contributed by atoms with Crippen LogP contribution in [0.3, 0.4) is 0 Å². The van der Waals surface area contributed by atoms with Crippen molar-refractivity contribution in [2.45, 2.75) is 65.1 Å². The van der Waals surface area contributed by atoms with Crippen molar-refractivity contribution in [3.63, 3.8) is 0 Å². The quantitative estimate of drug-likeness (QED) is 0.877. The Morgan fingerprint density at radius 2 is 2.14 bits per heavy atom. The Kier molecular flexibility index (Phi) is 4.94. The van der Waals surface area contributed by atoms with E-state index < -0.39 is 11.5 Å². The lowest BCUT2D eigenvalue weighted by Crippen LogP contribution is -2.49. The van der Waals surface area contributed by atoms with Crippen LogP contribution in [0.4, 0.5) is 0 Å². The Morgan fingerprint density at radius 1 is 1.43 bits per heavy atom. The van der Waals surface area contributed by atoms with Gasteiger partial charge in [0.2, 0.25) is 0 Å². The molecule has 0 aliphatic carbocycles. The van der Waals surface area contributed by atoms with Crippen molar-refractivity contribution >= 4 is 17.6 Å². The number of halogens is 1. The van der Waals surface area contributed by atoms with Crippen LogP contribution in [0.5, 0.6) is 0 Å². The number of hydrogen-bond donors (Lipinski definition) is 1. The zero-order chi connectivity index (χ0) is 15.6. The van der Waals surface area contributed by atoms with E-state index in [9.17, 15) is 9.90 Å². The molecule has 1 aliphatic rings. The zero-order valence-electron chi connectivity index (χ0n) is 13.0. The molecule has 0 saturated carbocycles. The summed E-state index contributed by atoms with van der Waals surface area (Å²) >= 11 is 6.45. The maximum atomic E-state index is 11.8. The molecule has 21 heavy (non-hydrogen) atoms. The van der Waals surface area contributed by atoms with Gasteiger partial charge in [0.05, 0.1) is 16.4 Å². The molecule has 0 aromatic carbocycles. The summed E-state index contributed by atoms with van der Waals surface area (Å²) in [7, 11) is 0. The largest absolute Gasteiger partial charge is 0.480 e. The molecule has 0 bridgehead atoms. The molecule has 2 heterocycles. The number of likely N-dealkylation sites (tertiary alicyclic amines) is 1. The Hall–Kier alpha value is -1.07. The van der Waals surface area contributed by atoms with Crippen LogP contribution >= 0.6 is 11.6 Å². The van der Waals surface area contributed by atoms with Crippen LogP contribution in [0.15, 0.2) is 0 Å². The number of aryl methyl sites for hydroxylation is 2. The van der Waals surface area contributed by atoms with E-state index in [1.54, 1.807) is 0 Å². The van der Waals surface area contributed by atoms with Crippen molar-refractivity contribution in [2.75, 3.05) is 6.54 Å². The zero-order valence-corrected chi connectivity index (χ0v) is 13.8. The number of carbonyl (C=O) groups is 1. The van der Waals surface area contributed by atoms with Gasteiger partial charge in [-0.3, -0.25) is 14.4 Å². The van der Waals surface area contributed by atoms with Gasteiger partial charge < -0.3 is 5.11 Å². The van der Waals surface area contributed by atoms with E-state index in [1.807, 2.05) is 25.5 Å². The normalized spacial score (nSPS) is 22.9. The molecule has 6 heteroatoms. The summed E-state index contributed by atoms with van der Waals surface area (Å²) in [6.07, 6.45) is 3.02. The van der Waals surface area contributed by atoms with E-state index >= 15 is 0 Å². The van der Waals surface area contributed by atoms with E-state index in [1.165, 1.54) is 0 Å². The Morgan fingerprint density at radius 3 is 2.67 bits per heavy atom. The number of nitrogens with zero attached hydrogens (tertiary/aromatic N) is 3. The second-order valence-corrected chi connectivity index (χ2v) is 5.97. The number of hydrogen-bond acceptors (Lipinski definition) is 3. The minimum absolute atomic E-state index is 0.555. The van der Waals surface area contributed by atoms with Crippen LogP contribution < -0.4 is 0 Å². The van der Waals surface area contributed by atoms with Gasteiger partial charge >= 0.3 is 5.97 Å². The third-order valence-corrected chi connectivity index (χ3v) is 5.08. The Labute approximate surface area is 130 Å². The van der Waals surface area contributed by atoms with Gasteiger partial charge in [0, 0.05) is 13.1 Å². The first kappa shape index (κ1) is 16.3. The van der Waals surface area contributed by atoms with Gasteiger partial charge in [-0.15, -0.1) is 0 Å². The minimum Gasteiger partial charge on any atom is -0.480 e. The van der Waals surface area contributed by atoms with E-state index in [2.05, 4.69) is 10.00 Å². The highest BCUT2D eigenvalue weighted by Crippen LogP contribution is 2.35. The molecule has 1 atom stereocenters. The van der Waals surface area contributed by atoms with Crippen molar-refractivity contribution in [3.05, 3.63) is 16.4 Å². The lowest BCUT2D eigenvalue weighted by atomic mass is 9.93. The molecule has 1 aromatic rings. The average molecular weight is 314 g/mol. The SMILES string of the molecule is CCc1nn(CC)c(CN2CCCC2(CC)C(=O)O)c1Cl. The summed E-state index contributed by atoms with van der Waals surface area (Å²) in [4.78, 5) is 13.8. The topological polar surface area (TPSA) is 58.4 Å². The van der Waals surface area contributed by atoms with Gasteiger partial charge in [0.15, 0.2) is 0 Å². The minimum atomic E-state index is -0.751. The third kappa shape index (κ3) is 2.69. The van der Waals surface area contributed by atoms with Gasteiger partial charge in [-0.1, -0.05) is 25.4 Å². The van der Waals surface area contributed by atoms with Crippen molar-refractivity contribution in [3.8, 4) is 0 Å². The molecule has 0 radical (unpaired) electrons. The van der Waals surface area contributed by atoms with Crippen LogP contribution in [0.2, 0.25) is 5.02 Å². The molecule has 1 fully saturated rings. The molecule has 1 N–H and O–H groups in total. The molecular formula is C15H24ClN3O2. The van der Waals surface area contributed by atoms with Gasteiger partial charge in [0.1, 0.15) is 5.54 Å². The predicted octanol–water partition coefficient (Wildman–Crippen LogP) is 2.95. The maximum Gasteiger partial charge on any atom is 0.324 e. The first-order valence-corrected chi connectivity index (χ1v) is 8.10. The summed E-state index contributed by atoms with van der Waals surface area (Å²) in [6, 6.07) is 0. The fourth-order valence-corrected chi connectivity index (χ4v) is 3.64. The average Bonchev–Trinajstić information content (AvgIpc) is 3.02. The first-order valence-electron chi connectivity index (χ1n) is 7.72. The van der Waals surface area contributed by atoms with Crippen molar-refractivity contribution in [1.29, 1.82) is 0 Å². The number of rotatable bonds is 6. The lowest BCUT2D eigenvalue weighted by Gasteiger charge is -2.33. The van der Waals surface area contributed by atoms with Gasteiger partial charge in [-0.05, 0) is 39.2 Å². The molecular weight excluding hydrogens is 290 g/mol. The highest BCUT2D eigenvalue weighted by atomic mass is 35.5. The molecule has 1 aromatic heterocycles. The molecule has 5 nitrogen and oxygen atoms in total. The maximum absolute atomic E-state index is 11.8. The number of carboxylic acid groups (broad SMARTS) is 1. The van der Waals surface area contributed by atoms with Gasteiger partial charge in [-0.25, -0.2) is 0 Å². The van der Waals surface area contributed by atoms with Gasteiger partial charge in [-0.2, -0.15) is 5.10 Å². The molecule has 1 saturated heterocycles. The highest BCUT2D eigenvalue weighted by Gasteiger charge is 2.46. The summed E-state index contributed by atoms with van der Waals surface area (Å²) < 4.78 is 1.90. The second kappa shape index (κ2) is 6.36. The summed E-state index contributed by atoms with van der Waals surface area (Å²) in [6.45, 7) is 8.10. The summed E-state index contributed by atoms with van der Waals surface area (Å²) in [5, 5.41) is 14.9. The number of aliphatic carboxylic acids is 1. The summed E-state index contributed by atoms with van der Waals surface area (Å²) in [5.74, 6) is -0.725. The number of carboxylic acids is 1. The Balaban J connectivity index is 2.33. The molecule has 1 unspecified atom stereocenters. The van der Waals surface area contributed by atoms with Gasteiger partial charge in [0.25, 0.3) is 0 Å². The van der Waals surface area contributed by atoms with E-state index in [4.69, 9.17) is 11.6 Å². The van der Waals surface area contributed by atoms with Crippen LogP contribution in [-0.4, -0.2) is 37.8 Å². The standard InChI is InChI=1S/C15H24ClN3O2/c1-4-11-13(16)12(19(6-3)17-11)10-18-9-7-8-15(18,5-2)14(20)21/h4-10H2,1-3H3,(H,20,21). The fourth-order valence-electron chi connectivity index (χ4n) is 3.31. The summed E-state index contributed by atoms with van der Waals surface area (Å²) in [5.41, 5.74) is 1.08. The van der Waals surface area contributed by atoms with Crippen LogP contribution in [0, 0.1) is 0 Å². The monoisotopic (exact) mass is 313 g/mol. The van der Waals surface area contributed by atoms with Crippen molar-refractivity contribution in [2.24, 2.45) is 0 Å². The van der Waals surface area contributed by atoms with Crippen LogP contribution in [0.25, 0.3) is 0 Å². The molecule has 1 aliphatic heterocycles. The second-order valence-electron chi connectivity index (χ2n) is 5.59. The highest BCUT2D eigenvalue weighted by molar-refractivity contribution is 6.31. The van der Waals surface area contributed by atoms with Crippen LogP contribution in [-0.2, 0) is 24.3 Å². The molecule has 0 amide bonds. The van der Waals surface area contributed by atoms with E-state index in [-0.39, 0.29) is 0 Å². The van der Waals surface area contributed by atoms with Crippen LogP contribution in [0.1, 0.15) is 51.4 Å². The van der Waals surface area contributed by atoms with Crippen molar-refractivity contribution < 1.29 is 9.90 Å². The van der Waals surface area contributed by atoms with Crippen molar-refractivity contribution in [1.82, 2.24) is 14.7 Å². The predicted molar refractivity (Wildman–Crippen MR) is 82.6 cm³/mol. The lowest BCUT2D eigenvalue weighted by molar-refractivity contribution is -0.150. The van der Waals surface area contributed by atoms with E-state index in [0.29, 0.717) is 24.4 Å². The Bertz CT molecular complexity index is 529.